The molecule has 1 aromatic carbocycles. The Morgan fingerprint density at radius 3 is 2.50 bits per heavy atom. The number of hydrogen-bond acceptors (Lipinski definition) is 1. The van der Waals surface area contributed by atoms with E-state index in [9.17, 15) is 0 Å². The molecule has 0 saturated heterocycles. The van der Waals surface area contributed by atoms with Crippen LogP contribution in [0.5, 0.6) is 5.75 Å². The van der Waals surface area contributed by atoms with Gasteiger partial charge in [-0.25, -0.2) is 0 Å². The van der Waals surface area contributed by atoms with E-state index in [4.69, 9.17) is 16.3 Å². The van der Waals surface area contributed by atoms with E-state index in [1.54, 1.807) is 0 Å². The number of halogens is 1. The molecule has 0 aliphatic heterocycles. The second-order valence-corrected chi connectivity index (χ2v) is 3.09. The standard InChI is InChI=1S/C10H13ClO/c1-2-3-8-12-10-6-4-9(11)5-7-10/h4-7H,2-3,8H2,1H3. The number of hydrogen-bond donors (Lipinski definition) is 0. The number of rotatable bonds is 4. The van der Waals surface area contributed by atoms with Crippen molar-refractivity contribution in [2.24, 2.45) is 0 Å². The molecule has 1 nitrogen and oxygen atoms in total. The Kier molecular flexibility index (Phi) is 3.95. The van der Waals surface area contributed by atoms with Crippen molar-refractivity contribution in [2.75, 3.05) is 6.61 Å². The smallest absolute Gasteiger partial charge is 0.119 e. The molecule has 0 heterocycles. The normalized spacial score (nSPS) is 9.83. The van der Waals surface area contributed by atoms with Gasteiger partial charge in [-0.2, -0.15) is 0 Å². The fourth-order valence-corrected chi connectivity index (χ4v) is 0.991. The number of benzene rings is 1. The summed E-state index contributed by atoms with van der Waals surface area (Å²) in [5.41, 5.74) is 0. The van der Waals surface area contributed by atoms with Crippen molar-refractivity contribution in [3.05, 3.63) is 29.3 Å². The minimum absolute atomic E-state index is 0.748. The molecule has 66 valence electrons. The average molecular weight is 185 g/mol. The van der Waals surface area contributed by atoms with E-state index in [0.29, 0.717) is 0 Å². The van der Waals surface area contributed by atoms with Crippen LogP contribution in [-0.2, 0) is 0 Å². The third kappa shape index (κ3) is 3.14. The molecule has 12 heavy (non-hydrogen) atoms. The first-order valence-electron chi connectivity index (χ1n) is 4.21. The van der Waals surface area contributed by atoms with Crippen LogP contribution in [-0.4, -0.2) is 6.61 Å². The van der Waals surface area contributed by atoms with E-state index in [1.807, 2.05) is 24.3 Å². The predicted octanol–water partition coefficient (Wildman–Crippen LogP) is 3.52. The van der Waals surface area contributed by atoms with Gasteiger partial charge < -0.3 is 4.74 Å². The van der Waals surface area contributed by atoms with Gasteiger partial charge in [-0.1, -0.05) is 24.9 Å². The first-order valence-corrected chi connectivity index (χ1v) is 4.59. The van der Waals surface area contributed by atoms with Crippen LogP contribution in [0.25, 0.3) is 0 Å². The van der Waals surface area contributed by atoms with Gasteiger partial charge in [0.2, 0.25) is 0 Å². The lowest BCUT2D eigenvalue weighted by atomic mass is 10.3. The van der Waals surface area contributed by atoms with E-state index in [0.717, 1.165) is 30.2 Å². The van der Waals surface area contributed by atoms with Crippen LogP contribution in [0.4, 0.5) is 0 Å². The molecule has 0 aromatic heterocycles. The van der Waals surface area contributed by atoms with E-state index in [2.05, 4.69) is 6.92 Å². The van der Waals surface area contributed by atoms with Gasteiger partial charge in [-0.15, -0.1) is 0 Å². The molecule has 0 saturated carbocycles. The zero-order chi connectivity index (χ0) is 8.81. The maximum Gasteiger partial charge on any atom is 0.119 e. The van der Waals surface area contributed by atoms with Crippen LogP contribution in [0.15, 0.2) is 24.3 Å². The van der Waals surface area contributed by atoms with Gasteiger partial charge in [0.15, 0.2) is 0 Å². The summed E-state index contributed by atoms with van der Waals surface area (Å²) in [5.74, 6) is 0.896. The molecule has 1 aromatic rings. The van der Waals surface area contributed by atoms with Crippen LogP contribution in [0.2, 0.25) is 5.02 Å². The maximum atomic E-state index is 5.72. The Morgan fingerprint density at radius 1 is 1.25 bits per heavy atom. The Morgan fingerprint density at radius 2 is 1.92 bits per heavy atom. The summed E-state index contributed by atoms with van der Waals surface area (Å²) < 4.78 is 5.44. The zero-order valence-electron chi connectivity index (χ0n) is 7.22. The number of unbranched alkanes of at least 4 members (excludes halogenated alkanes) is 1. The number of ether oxygens (including phenoxy) is 1. The highest BCUT2D eigenvalue weighted by Crippen LogP contribution is 2.15. The highest BCUT2D eigenvalue weighted by atomic mass is 35.5. The first kappa shape index (κ1) is 9.40. The molecule has 0 unspecified atom stereocenters. The molecule has 0 N–H and O–H groups in total. The van der Waals surface area contributed by atoms with Gasteiger partial charge in [0.25, 0.3) is 0 Å². The molecule has 1 rings (SSSR count). The Bertz CT molecular complexity index is 218. The quantitative estimate of drug-likeness (QED) is 0.651. The third-order valence-corrected chi connectivity index (χ3v) is 1.83. The van der Waals surface area contributed by atoms with Gasteiger partial charge in [0.1, 0.15) is 5.75 Å². The van der Waals surface area contributed by atoms with Crippen molar-refractivity contribution in [3.8, 4) is 5.75 Å². The molecule has 0 bridgehead atoms. The van der Waals surface area contributed by atoms with Gasteiger partial charge in [0.05, 0.1) is 6.61 Å². The van der Waals surface area contributed by atoms with Gasteiger partial charge in [-0.3, -0.25) is 0 Å². The lowest BCUT2D eigenvalue weighted by molar-refractivity contribution is 0.309. The summed E-state index contributed by atoms with van der Waals surface area (Å²) in [6, 6.07) is 7.45. The molecule has 0 aliphatic carbocycles. The van der Waals surface area contributed by atoms with Crippen molar-refractivity contribution >= 4 is 11.6 Å². The molecule has 0 atom stereocenters. The van der Waals surface area contributed by atoms with Crippen molar-refractivity contribution in [2.45, 2.75) is 19.8 Å². The van der Waals surface area contributed by atoms with E-state index < -0.39 is 0 Å². The molecule has 0 fully saturated rings. The SMILES string of the molecule is CCCCOc1ccc(Cl)cc1. The minimum atomic E-state index is 0.748. The highest BCUT2D eigenvalue weighted by Gasteiger charge is 1.91. The maximum absolute atomic E-state index is 5.72. The summed E-state index contributed by atoms with van der Waals surface area (Å²) in [7, 11) is 0. The summed E-state index contributed by atoms with van der Waals surface area (Å²) in [6.07, 6.45) is 2.26. The van der Waals surface area contributed by atoms with Crippen LogP contribution in [0.3, 0.4) is 0 Å². The molecule has 0 radical (unpaired) electrons. The fourth-order valence-electron chi connectivity index (χ4n) is 0.865. The van der Waals surface area contributed by atoms with Gasteiger partial charge in [-0.05, 0) is 30.7 Å². The van der Waals surface area contributed by atoms with E-state index in [1.165, 1.54) is 0 Å². The Hall–Kier alpha value is -0.690. The molecule has 0 spiro atoms. The van der Waals surface area contributed by atoms with Crippen molar-refractivity contribution in [1.29, 1.82) is 0 Å². The van der Waals surface area contributed by atoms with E-state index >= 15 is 0 Å². The zero-order valence-corrected chi connectivity index (χ0v) is 7.97. The van der Waals surface area contributed by atoms with Crippen LogP contribution in [0.1, 0.15) is 19.8 Å². The van der Waals surface area contributed by atoms with Crippen molar-refractivity contribution < 1.29 is 4.74 Å². The van der Waals surface area contributed by atoms with Gasteiger partial charge >= 0.3 is 0 Å². The van der Waals surface area contributed by atoms with Gasteiger partial charge in [0, 0.05) is 5.02 Å². The molecule has 0 amide bonds. The lowest BCUT2D eigenvalue weighted by Crippen LogP contribution is -1.95. The molecular weight excluding hydrogens is 172 g/mol. The monoisotopic (exact) mass is 184 g/mol. The van der Waals surface area contributed by atoms with E-state index in [-0.39, 0.29) is 0 Å². The summed E-state index contributed by atoms with van der Waals surface area (Å²) in [5, 5.41) is 0.748. The minimum Gasteiger partial charge on any atom is -0.494 e. The Labute approximate surface area is 78.3 Å². The largest absolute Gasteiger partial charge is 0.494 e. The van der Waals surface area contributed by atoms with Crippen LogP contribution < -0.4 is 4.74 Å². The van der Waals surface area contributed by atoms with Crippen molar-refractivity contribution in [1.82, 2.24) is 0 Å². The molecule has 2 heteroatoms. The fraction of sp³-hybridized carbons (Fsp3) is 0.400. The summed E-state index contributed by atoms with van der Waals surface area (Å²) >= 11 is 5.72. The average Bonchev–Trinajstić information content (AvgIpc) is 2.09. The lowest BCUT2D eigenvalue weighted by Gasteiger charge is -2.03. The first-order chi connectivity index (χ1) is 5.83. The highest BCUT2D eigenvalue weighted by molar-refractivity contribution is 6.30. The summed E-state index contributed by atoms with van der Waals surface area (Å²) in [4.78, 5) is 0. The van der Waals surface area contributed by atoms with Crippen molar-refractivity contribution in [3.63, 3.8) is 0 Å². The molecular formula is C10H13ClO. The topological polar surface area (TPSA) is 9.23 Å². The Balaban J connectivity index is 2.37. The van der Waals surface area contributed by atoms with Crippen LogP contribution >= 0.6 is 11.6 Å². The second kappa shape index (κ2) is 5.04. The second-order valence-electron chi connectivity index (χ2n) is 2.66. The predicted molar refractivity (Wildman–Crippen MR) is 51.9 cm³/mol. The van der Waals surface area contributed by atoms with Crippen LogP contribution in [0, 0.1) is 0 Å². The molecule has 0 aliphatic rings. The summed E-state index contributed by atoms with van der Waals surface area (Å²) in [6.45, 7) is 2.93. The third-order valence-electron chi connectivity index (χ3n) is 1.58.